The van der Waals surface area contributed by atoms with E-state index in [2.05, 4.69) is 240 Å². The van der Waals surface area contributed by atoms with Gasteiger partial charge in [0.15, 0.2) is 8.07 Å². The van der Waals surface area contributed by atoms with E-state index >= 15 is 0 Å². The van der Waals surface area contributed by atoms with Gasteiger partial charge in [-0.2, -0.15) is 0 Å². The Morgan fingerprint density at radius 3 is 1.46 bits per heavy atom. The van der Waals surface area contributed by atoms with Gasteiger partial charge in [0.25, 0.3) is 0 Å². The summed E-state index contributed by atoms with van der Waals surface area (Å²) in [4.78, 5) is 0. The fourth-order valence-corrected chi connectivity index (χ4v) is 14.5. The summed E-state index contributed by atoms with van der Waals surface area (Å²) in [5.74, 6) is 0. The van der Waals surface area contributed by atoms with E-state index < -0.39 is 8.07 Å². The smallest absolute Gasteiger partial charge is 0.181 e. The van der Waals surface area contributed by atoms with Gasteiger partial charge in [-0.25, -0.2) is 0 Å². The number of para-hydroxylation sites is 4. The van der Waals surface area contributed by atoms with Crippen LogP contribution >= 0.6 is 0 Å². The molecule has 0 bridgehead atoms. The van der Waals surface area contributed by atoms with Crippen molar-refractivity contribution in [2.45, 2.75) is 0 Å². The molecule has 57 heavy (non-hydrogen) atoms. The standard InChI is InChI=1S/C54H38N2Si/c1-6-21-39(22-7-1)44-32-18-36-49-52(44)47-34-19-37-50(53(47)55(49)40-23-8-2-9-24-40)56-48-35-17-16-31-45(48)46-33-20-38-51(54(46)56)57(41-25-10-3-11-26-41,42-27-12-4-13-28-42)43-29-14-5-15-30-43/h1-38H. The van der Waals surface area contributed by atoms with Crippen LogP contribution in [0.3, 0.4) is 0 Å². The number of aromatic nitrogens is 2. The van der Waals surface area contributed by atoms with E-state index in [9.17, 15) is 0 Å². The van der Waals surface area contributed by atoms with Crippen molar-refractivity contribution < 1.29 is 0 Å². The van der Waals surface area contributed by atoms with Gasteiger partial charge in [-0.15, -0.1) is 0 Å². The van der Waals surface area contributed by atoms with Crippen LogP contribution < -0.4 is 20.7 Å². The van der Waals surface area contributed by atoms with E-state index in [1.165, 1.54) is 75.5 Å². The Morgan fingerprint density at radius 1 is 0.316 bits per heavy atom. The van der Waals surface area contributed by atoms with Crippen molar-refractivity contribution in [1.82, 2.24) is 9.13 Å². The van der Waals surface area contributed by atoms with Gasteiger partial charge in [-0.3, -0.25) is 0 Å². The Kier molecular flexibility index (Phi) is 7.87. The SMILES string of the molecule is c1ccc(-c2cccc3c2c2cccc(-n4c5ccccc5c5cccc([Si](c6ccccc6)(c6ccccc6)c6ccccc6)c54)c2n3-c2ccccc2)cc1. The quantitative estimate of drug-likeness (QED) is 0.114. The molecule has 2 nitrogen and oxygen atoms in total. The van der Waals surface area contributed by atoms with E-state index in [-0.39, 0.29) is 0 Å². The molecule has 0 saturated carbocycles. The van der Waals surface area contributed by atoms with Gasteiger partial charge in [0.1, 0.15) is 0 Å². The van der Waals surface area contributed by atoms with Crippen molar-refractivity contribution in [2.75, 3.05) is 0 Å². The van der Waals surface area contributed by atoms with E-state index in [1.807, 2.05) is 0 Å². The van der Waals surface area contributed by atoms with Crippen LogP contribution in [0.25, 0.3) is 66.1 Å². The summed E-state index contributed by atoms with van der Waals surface area (Å²) in [7, 11) is -2.95. The molecule has 11 rings (SSSR count). The molecule has 9 aromatic carbocycles. The zero-order valence-electron chi connectivity index (χ0n) is 31.3. The number of rotatable bonds is 7. The van der Waals surface area contributed by atoms with Gasteiger partial charge in [0, 0.05) is 27.2 Å². The summed E-state index contributed by atoms with van der Waals surface area (Å²) in [5, 5.41) is 10.4. The fourth-order valence-electron chi connectivity index (χ4n) is 9.58. The average Bonchev–Trinajstić information content (AvgIpc) is 3.82. The molecular weight excluding hydrogens is 705 g/mol. The fraction of sp³-hybridized carbons (Fsp3) is 0. The third-order valence-electron chi connectivity index (χ3n) is 11.9. The highest BCUT2D eigenvalue weighted by Gasteiger charge is 2.43. The Bertz CT molecular complexity index is 3110. The molecular formula is C54H38N2Si. The first-order valence-corrected chi connectivity index (χ1v) is 21.7. The van der Waals surface area contributed by atoms with Crippen LogP contribution in [0.2, 0.25) is 0 Å². The lowest BCUT2D eigenvalue weighted by molar-refractivity contribution is 1.13. The zero-order chi connectivity index (χ0) is 37.8. The molecule has 0 unspecified atom stereocenters. The van der Waals surface area contributed by atoms with Crippen molar-refractivity contribution in [3.05, 3.63) is 231 Å². The van der Waals surface area contributed by atoms with Crippen molar-refractivity contribution in [3.63, 3.8) is 0 Å². The number of hydrogen-bond acceptors (Lipinski definition) is 0. The number of fused-ring (bicyclic) bond motifs is 6. The second-order valence-corrected chi connectivity index (χ2v) is 18.6. The minimum atomic E-state index is -2.95. The molecule has 0 aliphatic carbocycles. The molecule has 268 valence electrons. The van der Waals surface area contributed by atoms with Crippen molar-refractivity contribution >= 4 is 72.4 Å². The third-order valence-corrected chi connectivity index (χ3v) is 16.7. The molecule has 3 heteroatoms. The highest BCUT2D eigenvalue weighted by atomic mass is 28.3. The number of benzene rings is 9. The van der Waals surface area contributed by atoms with Gasteiger partial charge in [0.05, 0.1) is 27.8 Å². The minimum absolute atomic E-state index is 1.14. The van der Waals surface area contributed by atoms with E-state index in [0.717, 1.165) is 11.4 Å². The summed E-state index contributed by atoms with van der Waals surface area (Å²) >= 11 is 0. The third kappa shape index (κ3) is 5.03. The lowest BCUT2D eigenvalue weighted by Crippen LogP contribution is -2.75. The molecule has 0 amide bonds. The maximum atomic E-state index is 2.60. The highest BCUT2D eigenvalue weighted by Crippen LogP contribution is 2.42. The Hall–Kier alpha value is -7.20. The zero-order valence-corrected chi connectivity index (χ0v) is 32.3. The van der Waals surface area contributed by atoms with Crippen molar-refractivity contribution in [1.29, 1.82) is 0 Å². The molecule has 0 saturated heterocycles. The predicted molar refractivity (Wildman–Crippen MR) is 244 cm³/mol. The lowest BCUT2D eigenvalue weighted by atomic mass is 9.99. The van der Waals surface area contributed by atoms with Gasteiger partial charge >= 0.3 is 0 Å². The minimum Gasteiger partial charge on any atom is -0.307 e. The van der Waals surface area contributed by atoms with Crippen LogP contribution in [0, 0.1) is 0 Å². The van der Waals surface area contributed by atoms with Crippen LogP contribution in [-0.4, -0.2) is 17.2 Å². The lowest BCUT2D eigenvalue weighted by Gasteiger charge is -2.35. The molecule has 0 radical (unpaired) electrons. The molecule has 0 atom stereocenters. The molecule has 0 aliphatic heterocycles. The molecule has 0 aliphatic rings. The largest absolute Gasteiger partial charge is 0.307 e. The molecule has 2 heterocycles. The average molecular weight is 743 g/mol. The molecule has 2 aromatic heterocycles. The maximum Gasteiger partial charge on any atom is 0.181 e. The van der Waals surface area contributed by atoms with Gasteiger partial charge in [-0.05, 0) is 62.2 Å². The summed E-state index contributed by atoms with van der Waals surface area (Å²) < 4.78 is 5.09. The van der Waals surface area contributed by atoms with Crippen molar-refractivity contribution in [3.8, 4) is 22.5 Å². The summed E-state index contributed by atoms with van der Waals surface area (Å²) in [6.45, 7) is 0. The van der Waals surface area contributed by atoms with Crippen molar-refractivity contribution in [2.24, 2.45) is 0 Å². The number of nitrogens with zero attached hydrogens (tertiary/aromatic N) is 2. The molecule has 0 N–H and O–H groups in total. The molecule has 0 fully saturated rings. The van der Waals surface area contributed by atoms with E-state index in [4.69, 9.17) is 0 Å². The van der Waals surface area contributed by atoms with Crippen LogP contribution in [0.4, 0.5) is 0 Å². The highest BCUT2D eigenvalue weighted by molar-refractivity contribution is 7.20. The summed E-state index contributed by atoms with van der Waals surface area (Å²) in [6, 6.07) is 85.2. The topological polar surface area (TPSA) is 9.86 Å². The van der Waals surface area contributed by atoms with Gasteiger partial charge in [-0.1, -0.05) is 200 Å². The first-order chi connectivity index (χ1) is 28.3. The second-order valence-electron chi connectivity index (χ2n) is 14.8. The Balaban J connectivity index is 1.36. The van der Waals surface area contributed by atoms with E-state index in [0.29, 0.717) is 0 Å². The number of hydrogen-bond donors (Lipinski definition) is 0. The Labute approximate surface area is 333 Å². The van der Waals surface area contributed by atoms with E-state index in [1.54, 1.807) is 0 Å². The first-order valence-electron chi connectivity index (χ1n) is 19.7. The van der Waals surface area contributed by atoms with Crippen LogP contribution in [0.5, 0.6) is 0 Å². The maximum absolute atomic E-state index is 2.95. The van der Waals surface area contributed by atoms with Crippen LogP contribution in [0.1, 0.15) is 0 Å². The summed E-state index contributed by atoms with van der Waals surface area (Å²) in [6.07, 6.45) is 0. The second kappa shape index (κ2) is 13.5. The first kappa shape index (κ1) is 33.2. The molecule has 11 aromatic rings. The summed E-state index contributed by atoms with van der Waals surface area (Å²) in [5.41, 5.74) is 9.56. The monoisotopic (exact) mass is 742 g/mol. The molecule has 0 spiro atoms. The predicted octanol–water partition coefficient (Wildman–Crippen LogP) is 10.9. The Morgan fingerprint density at radius 2 is 0.807 bits per heavy atom. The van der Waals surface area contributed by atoms with Gasteiger partial charge in [0.2, 0.25) is 0 Å². The van der Waals surface area contributed by atoms with Crippen LogP contribution in [0.15, 0.2) is 231 Å². The normalized spacial score (nSPS) is 11.9. The van der Waals surface area contributed by atoms with Crippen LogP contribution in [-0.2, 0) is 0 Å². The van der Waals surface area contributed by atoms with Gasteiger partial charge < -0.3 is 9.13 Å².